The molecular weight excluding hydrogens is 234 g/mol. The highest BCUT2D eigenvalue weighted by atomic mass is 15.0. The van der Waals surface area contributed by atoms with Gasteiger partial charge in [0, 0.05) is 18.1 Å². The van der Waals surface area contributed by atoms with E-state index < -0.39 is 0 Å². The topological polar surface area (TPSA) is 41.6 Å². The second-order valence-corrected chi connectivity index (χ2v) is 4.37. The largest absolute Gasteiger partial charge is 0.324 e. The zero-order chi connectivity index (χ0) is 13.1. The van der Waals surface area contributed by atoms with Gasteiger partial charge in [-0.25, -0.2) is 4.98 Å². The number of hydrogen-bond acceptors (Lipinski definition) is 2. The van der Waals surface area contributed by atoms with Crippen LogP contribution < -0.4 is 0 Å². The Morgan fingerprint density at radius 1 is 1.11 bits per heavy atom. The maximum Gasteiger partial charge on any atom is 0.140 e. The van der Waals surface area contributed by atoms with Crippen LogP contribution in [-0.4, -0.2) is 9.55 Å². The standard InChI is InChI=1S/C16H13N3/c17-9-5-11-19-15(13-6-2-1-3-7-13)12-14-8-4-10-18-16(14)19/h1-4,6-8,10,12H,5,11H2. The van der Waals surface area contributed by atoms with Gasteiger partial charge in [-0.15, -0.1) is 0 Å². The van der Waals surface area contributed by atoms with Crippen LogP contribution in [0.15, 0.2) is 54.7 Å². The van der Waals surface area contributed by atoms with Gasteiger partial charge < -0.3 is 4.57 Å². The van der Waals surface area contributed by atoms with Gasteiger partial charge in [0.05, 0.1) is 18.2 Å². The summed E-state index contributed by atoms with van der Waals surface area (Å²) < 4.78 is 2.12. The smallest absolute Gasteiger partial charge is 0.140 e. The van der Waals surface area contributed by atoms with E-state index in [1.807, 2.05) is 24.3 Å². The quantitative estimate of drug-likeness (QED) is 0.709. The first-order valence-corrected chi connectivity index (χ1v) is 6.27. The Bertz CT molecular complexity index is 736. The molecule has 3 rings (SSSR count). The van der Waals surface area contributed by atoms with Crippen LogP contribution in [0.1, 0.15) is 6.42 Å². The molecule has 0 spiro atoms. The van der Waals surface area contributed by atoms with Crippen LogP contribution in [0.4, 0.5) is 0 Å². The van der Waals surface area contributed by atoms with E-state index in [0.29, 0.717) is 13.0 Å². The molecule has 0 N–H and O–H groups in total. The van der Waals surface area contributed by atoms with Gasteiger partial charge in [0.25, 0.3) is 0 Å². The fourth-order valence-corrected chi connectivity index (χ4v) is 2.32. The Balaban J connectivity index is 2.20. The molecule has 0 aliphatic carbocycles. The molecule has 19 heavy (non-hydrogen) atoms. The number of fused-ring (bicyclic) bond motifs is 1. The molecule has 0 radical (unpaired) electrons. The Morgan fingerprint density at radius 2 is 1.95 bits per heavy atom. The van der Waals surface area contributed by atoms with E-state index in [-0.39, 0.29) is 0 Å². The molecule has 0 saturated carbocycles. The average molecular weight is 247 g/mol. The number of pyridine rings is 1. The van der Waals surface area contributed by atoms with Crippen molar-refractivity contribution in [2.24, 2.45) is 0 Å². The van der Waals surface area contributed by atoms with Crippen molar-refractivity contribution < 1.29 is 0 Å². The lowest BCUT2D eigenvalue weighted by atomic mass is 10.1. The van der Waals surface area contributed by atoms with E-state index in [4.69, 9.17) is 5.26 Å². The van der Waals surface area contributed by atoms with Gasteiger partial charge in [0.1, 0.15) is 5.65 Å². The summed E-state index contributed by atoms with van der Waals surface area (Å²) >= 11 is 0. The normalized spacial score (nSPS) is 10.5. The molecule has 0 aliphatic rings. The van der Waals surface area contributed by atoms with Gasteiger partial charge in [0.15, 0.2) is 0 Å². The third-order valence-corrected chi connectivity index (χ3v) is 3.17. The van der Waals surface area contributed by atoms with Crippen molar-refractivity contribution >= 4 is 11.0 Å². The van der Waals surface area contributed by atoms with Crippen molar-refractivity contribution in [2.45, 2.75) is 13.0 Å². The summed E-state index contributed by atoms with van der Waals surface area (Å²) in [7, 11) is 0. The number of aryl methyl sites for hydroxylation is 1. The van der Waals surface area contributed by atoms with Crippen LogP contribution >= 0.6 is 0 Å². The summed E-state index contributed by atoms with van der Waals surface area (Å²) in [5.74, 6) is 0. The first-order valence-electron chi connectivity index (χ1n) is 6.27. The summed E-state index contributed by atoms with van der Waals surface area (Å²) in [5, 5.41) is 9.93. The van der Waals surface area contributed by atoms with Crippen molar-refractivity contribution in [1.29, 1.82) is 5.26 Å². The number of rotatable bonds is 3. The van der Waals surface area contributed by atoms with Crippen LogP contribution in [0.2, 0.25) is 0 Å². The number of nitriles is 1. The van der Waals surface area contributed by atoms with E-state index in [2.05, 4.69) is 39.9 Å². The lowest BCUT2D eigenvalue weighted by Crippen LogP contribution is -2.00. The monoisotopic (exact) mass is 247 g/mol. The number of aromatic nitrogens is 2. The van der Waals surface area contributed by atoms with E-state index in [1.54, 1.807) is 6.20 Å². The summed E-state index contributed by atoms with van der Waals surface area (Å²) in [4.78, 5) is 4.43. The third-order valence-electron chi connectivity index (χ3n) is 3.17. The molecule has 3 nitrogen and oxygen atoms in total. The van der Waals surface area contributed by atoms with Gasteiger partial charge >= 0.3 is 0 Å². The molecule has 92 valence electrons. The summed E-state index contributed by atoms with van der Waals surface area (Å²) in [6, 6.07) is 18.5. The molecule has 0 atom stereocenters. The maximum atomic E-state index is 8.81. The minimum atomic E-state index is 0.486. The Labute approximate surface area is 111 Å². The molecule has 3 heteroatoms. The van der Waals surface area contributed by atoms with E-state index >= 15 is 0 Å². The lowest BCUT2D eigenvalue weighted by Gasteiger charge is -2.08. The molecule has 1 aromatic carbocycles. The Kier molecular flexibility index (Phi) is 2.99. The molecule has 2 heterocycles. The zero-order valence-corrected chi connectivity index (χ0v) is 10.5. The predicted octanol–water partition coefficient (Wildman–Crippen LogP) is 3.62. The number of nitrogens with zero attached hydrogens (tertiary/aromatic N) is 3. The van der Waals surface area contributed by atoms with Crippen LogP contribution in [0, 0.1) is 11.3 Å². The second-order valence-electron chi connectivity index (χ2n) is 4.37. The van der Waals surface area contributed by atoms with Crippen molar-refractivity contribution in [2.75, 3.05) is 0 Å². The third kappa shape index (κ3) is 2.09. The van der Waals surface area contributed by atoms with Crippen molar-refractivity contribution in [3.8, 4) is 17.3 Å². The molecule has 0 aliphatic heterocycles. The minimum absolute atomic E-state index is 0.486. The molecule has 0 unspecified atom stereocenters. The highest BCUT2D eigenvalue weighted by Gasteiger charge is 2.10. The highest BCUT2D eigenvalue weighted by Crippen LogP contribution is 2.27. The SMILES string of the molecule is N#CCCn1c(-c2ccccc2)cc2cccnc21. The minimum Gasteiger partial charge on any atom is -0.324 e. The van der Waals surface area contributed by atoms with E-state index in [1.165, 1.54) is 0 Å². The first-order chi connectivity index (χ1) is 9.40. The fourth-order valence-electron chi connectivity index (χ4n) is 2.32. The van der Waals surface area contributed by atoms with Crippen molar-refractivity contribution in [1.82, 2.24) is 9.55 Å². The first kappa shape index (κ1) is 11.5. The van der Waals surface area contributed by atoms with Crippen LogP contribution in [0.25, 0.3) is 22.3 Å². The van der Waals surface area contributed by atoms with Gasteiger partial charge in [-0.1, -0.05) is 30.3 Å². The number of hydrogen-bond donors (Lipinski definition) is 0. The van der Waals surface area contributed by atoms with Gasteiger partial charge in [-0.3, -0.25) is 0 Å². The molecule has 2 aromatic heterocycles. The zero-order valence-electron chi connectivity index (χ0n) is 10.5. The van der Waals surface area contributed by atoms with Crippen molar-refractivity contribution in [3.05, 3.63) is 54.7 Å². The lowest BCUT2D eigenvalue weighted by molar-refractivity contribution is 0.743. The van der Waals surface area contributed by atoms with Gasteiger partial charge in [-0.2, -0.15) is 5.26 Å². The van der Waals surface area contributed by atoms with Crippen LogP contribution in [0.3, 0.4) is 0 Å². The molecule has 0 amide bonds. The molecular formula is C16H13N3. The van der Waals surface area contributed by atoms with Crippen LogP contribution in [0.5, 0.6) is 0 Å². The number of benzene rings is 1. The van der Waals surface area contributed by atoms with Gasteiger partial charge in [-0.05, 0) is 23.8 Å². The predicted molar refractivity (Wildman–Crippen MR) is 75.4 cm³/mol. The average Bonchev–Trinajstić information content (AvgIpc) is 2.85. The highest BCUT2D eigenvalue weighted by molar-refractivity contribution is 5.84. The van der Waals surface area contributed by atoms with E-state index in [9.17, 15) is 0 Å². The van der Waals surface area contributed by atoms with Crippen LogP contribution in [-0.2, 0) is 6.54 Å². The van der Waals surface area contributed by atoms with E-state index in [0.717, 1.165) is 22.3 Å². The fraction of sp³-hybridized carbons (Fsp3) is 0.125. The van der Waals surface area contributed by atoms with Crippen molar-refractivity contribution in [3.63, 3.8) is 0 Å². The molecule has 0 bridgehead atoms. The molecule has 0 saturated heterocycles. The Morgan fingerprint density at radius 3 is 2.74 bits per heavy atom. The summed E-state index contributed by atoms with van der Waals surface area (Å²) in [6.45, 7) is 0.668. The molecule has 3 aromatic rings. The summed E-state index contributed by atoms with van der Waals surface area (Å²) in [6.07, 6.45) is 2.28. The summed E-state index contributed by atoms with van der Waals surface area (Å²) in [5.41, 5.74) is 3.21. The molecule has 0 fully saturated rings. The second kappa shape index (κ2) is 4.95. The Hall–Kier alpha value is -2.60. The van der Waals surface area contributed by atoms with Gasteiger partial charge in [0.2, 0.25) is 0 Å². The maximum absolute atomic E-state index is 8.81.